The van der Waals surface area contributed by atoms with E-state index in [0.717, 1.165) is 16.9 Å². The summed E-state index contributed by atoms with van der Waals surface area (Å²) >= 11 is 0. The van der Waals surface area contributed by atoms with Crippen molar-refractivity contribution in [2.75, 3.05) is 0 Å². The maximum Gasteiger partial charge on any atom is 0.130 e. The molecule has 0 unspecified atom stereocenters. The molecule has 2 nitrogen and oxygen atoms in total. The van der Waals surface area contributed by atoms with Crippen molar-refractivity contribution in [1.82, 2.24) is 4.98 Å². The van der Waals surface area contributed by atoms with E-state index >= 15 is 0 Å². The highest BCUT2D eigenvalue weighted by Crippen LogP contribution is 2.27. The molecule has 2 heterocycles. The fourth-order valence-corrected chi connectivity index (χ4v) is 2.73. The van der Waals surface area contributed by atoms with E-state index in [1.807, 2.05) is 20.8 Å². The topological polar surface area (TPSA) is 26.0 Å². The Balaban J connectivity index is 2.02. The largest absolute Gasteiger partial charge is 0.461 e. The molecule has 0 aliphatic carbocycles. The van der Waals surface area contributed by atoms with Crippen molar-refractivity contribution >= 4 is 11.6 Å². The molecule has 2 aromatic heterocycles. The number of aromatic nitrogens is 1. The Morgan fingerprint density at radius 1 is 1.12 bits per heavy atom. The maximum absolute atomic E-state index is 7.91. The average Bonchev–Trinajstić information content (AvgIpc) is 2.97. The van der Waals surface area contributed by atoms with E-state index in [4.69, 9.17) is 12.6 Å². The molecular formula is C24H25NO. The fourth-order valence-electron chi connectivity index (χ4n) is 2.73. The van der Waals surface area contributed by atoms with Crippen LogP contribution in [0.2, 0.25) is 0 Å². The zero-order valence-electron chi connectivity index (χ0n) is 21.2. The van der Waals surface area contributed by atoms with Gasteiger partial charge in [0.05, 0.1) is 5.69 Å². The highest BCUT2D eigenvalue weighted by atomic mass is 16.3. The van der Waals surface area contributed by atoms with E-state index in [1.165, 1.54) is 12.3 Å². The van der Waals surface area contributed by atoms with Gasteiger partial charge >= 0.3 is 0 Å². The van der Waals surface area contributed by atoms with Gasteiger partial charge in [-0.2, -0.15) is 0 Å². The summed E-state index contributed by atoms with van der Waals surface area (Å²) in [6.45, 7) is 5.38. The predicted molar refractivity (Wildman–Crippen MR) is 110 cm³/mol. The van der Waals surface area contributed by atoms with Gasteiger partial charge in [-0.3, -0.25) is 4.98 Å². The normalized spacial score (nSPS) is 15.7. The van der Waals surface area contributed by atoms with Crippen molar-refractivity contribution in [2.24, 2.45) is 0 Å². The van der Waals surface area contributed by atoms with Crippen molar-refractivity contribution in [3.05, 3.63) is 88.5 Å². The van der Waals surface area contributed by atoms with Crippen molar-refractivity contribution in [3.8, 4) is 11.3 Å². The Morgan fingerprint density at radius 3 is 2.58 bits per heavy atom. The Bertz CT molecular complexity index is 1180. The van der Waals surface area contributed by atoms with Gasteiger partial charge in [-0.25, -0.2) is 0 Å². The van der Waals surface area contributed by atoms with Gasteiger partial charge in [-0.1, -0.05) is 30.9 Å². The lowest BCUT2D eigenvalue weighted by atomic mass is 9.97. The highest BCUT2D eigenvalue weighted by Gasteiger charge is 2.09. The number of allylic oxidation sites excluding steroid dienone is 2. The Labute approximate surface area is 164 Å². The number of hydrogen-bond donors (Lipinski definition) is 0. The van der Waals surface area contributed by atoms with Gasteiger partial charge < -0.3 is 4.42 Å². The summed E-state index contributed by atoms with van der Waals surface area (Å²) in [7, 11) is 0. The van der Waals surface area contributed by atoms with Crippen LogP contribution in [0.25, 0.3) is 22.9 Å². The molecule has 0 saturated heterocycles. The van der Waals surface area contributed by atoms with Crippen LogP contribution in [0.1, 0.15) is 47.6 Å². The smallest absolute Gasteiger partial charge is 0.130 e. The number of nitrogens with zero attached hydrogens (tertiary/aromatic N) is 1. The molecule has 0 aliphatic heterocycles. The average molecular weight is 350 g/mol. The fraction of sp³-hybridized carbons (Fsp3) is 0.208. The molecule has 0 fully saturated rings. The number of rotatable bonds is 4. The third kappa shape index (κ3) is 3.55. The molecule has 0 saturated carbocycles. The van der Waals surface area contributed by atoms with Crippen LogP contribution in [0, 0.1) is 34.5 Å². The first-order valence-corrected chi connectivity index (χ1v) is 8.34. The zero-order chi connectivity index (χ0) is 23.8. The van der Waals surface area contributed by atoms with Crippen LogP contribution in [-0.2, 0) is 0 Å². The minimum atomic E-state index is -2.32. The van der Waals surface area contributed by atoms with E-state index in [0.29, 0.717) is 28.2 Å². The van der Waals surface area contributed by atoms with Crippen molar-refractivity contribution in [1.29, 1.82) is 0 Å². The summed E-state index contributed by atoms with van der Waals surface area (Å²) in [5.74, 6) is 1.54. The highest BCUT2D eigenvalue weighted by molar-refractivity contribution is 5.81. The second kappa shape index (κ2) is 7.17. The molecule has 26 heavy (non-hydrogen) atoms. The molecule has 2 heteroatoms. The van der Waals surface area contributed by atoms with Gasteiger partial charge in [0.15, 0.2) is 0 Å². The number of pyridine rings is 1. The molecule has 0 spiro atoms. The number of furan rings is 1. The van der Waals surface area contributed by atoms with Gasteiger partial charge in [-0.05, 0) is 86.1 Å². The summed E-state index contributed by atoms with van der Waals surface area (Å²) in [5.41, 5.74) is 4.62. The first-order chi connectivity index (χ1) is 14.8. The molecule has 0 radical (unpaired) electrons. The van der Waals surface area contributed by atoms with E-state index < -0.39 is 13.7 Å². The van der Waals surface area contributed by atoms with Crippen LogP contribution < -0.4 is 0 Å². The lowest BCUT2D eigenvalue weighted by molar-refractivity contribution is 0.521. The van der Waals surface area contributed by atoms with Crippen LogP contribution in [0.15, 0.2) is 53.6 Å². The van der Waals surface area contributed by atoms with E-state index in [1.54, 1.807) is 36.4 Å². The van der Waals surface area contributed by atoms with Crippen LogP contribution in [0.3, 0.4) is 0 Å². The molecule has 0 atom stereocenters. The third-order valence-electron chi connectivity index (χ3n) is 4.58. The van der Waals surface area contributed by atoms with Crippen molar-refractivity contribution < 1.29 is 12.6 Å². The summed E-state index contributed by atoms with van der Waals surface area (Å²) in [5, 5.41) is 0. The van der Waals surface area contributed by atoms with Gasteiger partial charge in [0.1, 0.15) is 11.5 Å². The monoisotopic (exact) mass is 349 g/mol. The quantitative estimate of drug-likeness (QED) is 0.495. The number of benzene rings is 1. The van der Waals surface area contributed by atoms with Gasteiger partial charge in [-0.15, -0.1) is 0 Å². The van der Waals surface area contributed by atoms with Gasteiger partial charge in [0, 0.05) is 20.0 Å². The van der Waals surface area contributed by atoms with Gasteiger partial charge in [0.25, 0.3) is 0 Å². The summed E-state index contributed by atoms with van der Waals surface area (Å²) in [6, 6.07) is 8.06. The van der Waals surface area contributed by atoms with Crippen LogP contribution in [0.5, 0.6) is 0 Å². The van der Waals surface area contributed by atoms with Crippen LogP contribution in [0.4, 0.5) is 0 Å². The molecule has 1 aromatic carbocycles. The SMILES string of the molecule is [2H]C([2H])([2H])c1ccc(-c2ccc(C([2H])([2H])[2H])c(C(=C)/C=C\c3oc(C)c(C)c3C)c2)nc1. The minimum absolute atomic E-state index is 0.146. The zero-order valence-corrected chi connectivity index (χ0v) is 15.2. The summed E-state index contributed by atoms with van der Waals surface area (Å²) in [4.78, 5) is 4.26. The molecule has 0 bridgehead atoms. The van der Waals surface area contributed by atoms with E-state index in [-0.39, 0.29) is 11.1 Å². The summed E-state index contributed by atoms with van der Waals surface area (Å²) in [6.07, 6.45) is 4.85. The van der Waals surface area contributed by atoms with Crippen LogP contribution >= 0.6 is 0 Å². The molecule has 0 N–H and O–H groups in total. The molecular weight excluding hydrogens is 318 g/mol. The van der Waals surface area contributed by atoms with E-state index in [2.05, 4.69) is 11.6 Å². The first kappa shape index (κ1) is 11.7. The number of hydrogen-bond acceptors (Lipinski definition) is 2. The Kier molecular flexibility index (Phi) is 3.22. The molecule has 132 valence electrons. The predicted octanol–water partition coefficient (Wildman–Crippen LogP) is 6.61. The van der Waals surface area contributed by atoms with Crippen LogP contribution in [-0.4, -0.2) is 4.98 Å². The molecule has 3 aromatic rings. The van der Waals surface area contributed by atoms with E-state index in [9.17, 15) is 0 Å². The molecule has 0 amide bonds. The lowest BCUT2D eigenvalue weighted by Crippen LogP contribution is -1.90. The lowest BCUT2D eigenvalue weighted by Gasteiger charge is -2.09. The minimum Gasteiger partial charge on any atom is -0.461 e. The van der Waals surface area contributed by atoms with Crippen molar-refractivity contribution in [2.45, 2.75) is 34.5 Å². The van der Waals surface area contributed by atoms with Crippen molar-refractivity contribution in [3.63, 3.8) is 0 Å². The molecule has 3 rings (SSSR count). The first-order valence-electron chi connectivity index (χ1n) is 11.3. The Hall–Kier alpha value is -2.87. The standard InChI is InChI=1S/C24H25NO/c1-15-7-11-23(25-14-15)21-10-8-16(2)22(13-21)17(3)9-12-24-19(5)18(4)20(6)26-24/h7-14H,3H2,1-2,4-6H3/b12-9-/i1D3,2D3. The second-order valence-electron chi connectivity index (χ2n) is 6.32. The van der Waals surface area contributed by atoms with Gasteiger partial charge in [0.2, 0.25) is 0 Å². The third-order valence-corrected chi connectivity index (χ3v) is 4.58. The maximum atomic E-state index is 7.91. The summed E-state index contributed by atoms with van der Waals surface area (Å²) < 4.78 is 52.0. The number of aryl methyl sites for hydroxylation is 3. The molecule has 0 aliphatic rings. The second-order valence-corrected chi connectivity index (χ2v) is 6.32. The Morgan fingerprint density at radius 2 is 1.96 bits per heavy atom.